The Bertz CT molecular complexity index is 688. The van der Waals surface area contributed by atoms with Gasteiger partial charge in [-0.1, -0.05) is 44.7 Å². The van der Waals surface area contributed by atoms with Crippen LogP contribution >= 0.6 is 0 Å². The molecule has 0 aliphatic heterocycles. The highest BCUT2D eigenvalue weighted by atomic mass is 19.4. The number of benzene rings is 1. The van der Waals surface area contributed by atoms with Crippen LogP contribution in [0.25, 0.3) is 0 Å². The van der Waals surface area contributed by atoms with Crippen LogP contribution in [0.3, 0.4) is 0 Å². The number of unbranched alkanes of at least 4 members (excludes halogenated alkanes) is 1. The standard InChI is InChI=1S/C25H36F3NO2/c1-4-29(5-2)18-19(3)24(30)31-23-15-13-22(14-16-23)21-11-9-20(10-12-21)8-6-7-17-25(26,27)28/h9-12,22-23H,3-8,13-18H2,1-2H3. The number of hydrogen-bond acceptors (Lipinski definition) is 3. The molecule has 0 radical (unpaired) electrons. The molecule has 6 heteroatoms. The van der Waals surface area contributed by atoms with Gasteiger partial charge in [-0.05, 0) is 75.1 Å². The van der Waals surface area contributed by atoms with Gasteiger partial charge in [-0.2, -0.15) is 13.2 Å². The number of hydrogen-bond donors (Lipinski definition) is 0. The fraction of sp³-hybridized carbons (Fsp3) is 0.640. The lowest BCUT2D eigenvalue weighted by Crippen LogP contribution is -2.30. The monoisotopic (exact) mass is 439 g/mol. The molecule has 0 heterocycles. The van der Waals surface area contributed by atoms with Crippen molar-refractivity contribution in [1.29, 1.82) is 0 Å². The SMILES string of the molecule is C=C(CN(CC)CC)C(=O)OC1CCC(c2ccc(CCCCC(F)(F)F)cc2)CC1. The second-order valence-corrected chi connectivity index (χ2v) is 8.51. The Hall–Kier alpha value is -1.82. The molecule has 1 aliphatic rings. The molecule has 1 aromatic carbocycles. The maximum Gasteiger partial charge on any atom is 0.389 e. The van der Waals surface area contributed by atoms with E-state index in [1.165, 1.54) is 5.56 Å². The fourth-order valence-corrected chi connectivity index (χ4v) is 4.14. The van der Waals surface area contributed by atoms with E-state index in [0.717, 1.165) is 44.3 Å². The quantitative estimate of drug-likeness (QED) is 0.226. The van der Waals surface area contributed by atoms with E-state index < -0.39 is 12.6 Å². The second kappa shape index (κ2) is 12.3. The maximum atomic E-state index is 12.3. The molecule has 31 heavy (non-hydrogen) atoms. The van der Waals surface area contributed by atoms with E-state index in [2.05, 4.69) is 37.5 Å². The minimum atomic E-state index is -4.06. The first-order chi connectivity index (χ1) is 14.7. The zero-order valence-corrected chi connectivity index (χ0v) is 18.8. The normalized spacial score (nSPS) is 19.4. The number of carbonyl (C=O) groups excluding carboxylic acids is 1. The summed E-state index contributed by atoms with van der Waals surface area (Å²) in [6, 6.07) is 8.27. The van der Waals surface area contributed by atoms with Crippen molar-refractivity contribution >= 4 is 5.97 Å². The zero-order valence-electron chi connectivity index (χ0n) is 18.8. The molecule has 174 valence electrons. The molecule has 0 amide bonds. The molecule has 3 nitrogen and oxygen atoms in total. The molecule has 0 aromatic heterocycles. The number of halogens is 3. The lowest BCUT2D eigenvalue weighted by atomic mass is 9.82. The van der Waals surface area contributed by atoms with Crippen molar-refractivity contribution in [2.24, 2.45) is 0 Å². The van der Waals surface area contributed by atoms with Gasteiger partial charge in [0.1, 0.15) is 6.10 Å². The van der Waals surface area contributed by atoms with E-state index in [9.17, 15) is 18.0 Å². The summed E-state index contributed by atoms with van der Waals surface area (Å²) in [6.45, 7) is 10.3. The summed E-state index contributed by atoms with van der Waals surface area (Å²) in [5.74, 6) is 0.151. The third-order valence-corrected chi connectivity index (χ3v) is 6.17. The van der Waals surface area contributed by atoms with Gasteiger partial charge in [0, 0.05) is 18.5 Å². The third kappa shape index (κ3) is 9.06. The van der Waals surface area contributed by atoms with Crippen LogP contribution < -0.4 is 0 Å². The van der Waals surface area contributed by atoms with Crippen LogP contribution in [0.1, 0.15) is 75.8 Å². The molecule has 1 aliphatic carbocycles. The number of rotatable bonds is 11. The molecular formula is C25H36F3NO2. The summed E-state index contributed by atoms with van der Waals surface area (Å²) in [6.07, 6.45) is 0.196. The summed E-state index contributed by atoms with van der Waals surface area (Å²) >= 11 is 0. The van der Waals surface area contributed by atoms with Crippen LogP contribution in [0.5, 0.6) is 0 Å². The summed E-state index contributed by atoms with van der Waals surface area (Å²) < 4.78 is 42.3. The molecule has 0 bridgehead atoms. The Morgan fingerprint density at radius 2 is 1.68 bits per heavy atom. The molecule has 1 saturated carbocycles. The first-order valence-corrected chi connectivity index (χ1v) is 11.5. The van der Waals surface area contributed by atoms with Crippen molar-refractivity contribution in [3.63, 3.8) is 0 Å². The van der Waals surface area contributed by atoms with Gasteiger partial charge < -0.3 is 4.74 Å². The first kappa shape index (κ1) is 25.4. The van der Waals surface area contributed by atoms with Gasteiger partial charge in [-0.3, -0.25) is 4.90 Å². The van der Waals surface area contributed by atoms with Crippen LogP contribution in [0.2, 0.25) is 0 Å². The predicted molar refractivity (Wildman–Crippen MR) is 118 cm³/mol. The van der Waals surface area contributed by atoms with Gasteiger partial charge in [-0.15, -0.1) is 0 Å². The van der Waals surface area contributed by atoms with Crippen molar-refractivity contribution in [2.45, 2.75) is 83.4 Å². The predicted octanol–water partition coefficient (Wildman–Crippen LogP) is 6.43. The van der Waals surface area contributed by atoms with Crippen molar-refractivity contribution in [3.8, 4) is 0 Å². The molecule has 0 N–H and O–H groups in total. The Labute approximate surface area is 184 Å². The number of alkyl halides is 3. The molecule has 2 rings (SSSR count). The Balaban J connectivity index is 1.73. The van der Waals surface area contributed by atoms with Crippen molar-refractivity contribution in [3.05, 3.63) is 47.5 Å². The van der Waals surface area contributed by atoms with Crippen molar-refractivity contribution in [2.75, 3.05) is 19.6 Å². The average molecular weight is 440 g/mol. The number of carbonyl (C=O) groups is 1. The molecule has 0 saturated heterocycles. The zero-order chi connectivity index (χ0) is 22.9. The van der Waals surface area contributed by atoms with Crippen LogP contribution in [-0.2, 0) is 16.0 Å². The number of nitrogens with zero attached hydrogens (tertiary/aromatic N) is 1. The Morgan fingerprint density at radius 1 is 1.06 bits per heavy atom. The Morgan fingerprint density at radius 3 is 2.23 bits per heavy atom. The second-order valence-electron chi connectivity index (χ2n) is 8.51. The molecule has 0 atom stereocenters. The van der Waals surface area contributed by atoms with Crippen molar-refractivity contribution in [1.82, 2.24) is 4.90 Å². The summed E-state index contributed by atoms with van der Waals surface area (Å²) in [4.78, 5) is 14.5. The van der Waals surface area contributed by atoms with E-state index in [1.54, 1.807) is 0 Å². The Kier molecular flexibility index (Phi) is 10.1. The van der Waals surface area contributed by atoms with Gasteiger partial charge in [0.05, 0.1) is 0 Å². The number of likely N-dealkylation sites (N-methyl/N-ethyl adjacent to an activating group) is 1. The number of esters is 1. The highest BCUT2D eigenvalue weighted by molar-refractivity contribution is 5.88. The van der Waals surface area contributed by atoms with Crippen LogP contribution in [0.15, 0.2) is 36.4 Å². The molecule has 0 spiro atoms. The van der Waals surface area contributed by atoms with Gasteiger partial charge in [0.2, 0.25) is 0 Å². The average Bonchev–Trinajstić information content (AvgIpc) is 2.75. The fourth-order valence-electron chi connectivity index (χ4n) is 4.14. The minimum Gasteiger partial charge on any atom is -0.459 e. The molecular weight excluding hydrogens is 403 g/mol. The van der Waals surface area contributed by atoms with Crippen molar-refractivity contribution < 1.29 is 22.7 Å². The summed E-state index contributed by atoms with van der Waals surface area (Å²) in [5.41, 5.74) is 2.85. The van der Waals surface area contributed by atoms with E-state index in [1.807, 2.05) is 12.1 Å². The maximum absolute atomic E-state index is 12.3. The third-order valence-electron chi connectivity index (χ3n) is 6.17. The van der Waals surface area contributed by atoms with Gasteiger partial charge in [-0.25, -0.2) is 4.79 Å². The number of ether oxygens (including phenoxy) is 1. The van der Waals surface area contributed by atoms with E-state index in [0.29, 0.717) is 30.9 Å². The van der Waals surface area contributed by atoms with E-state index in [-0.39, 0.29) is 18.5 Å². The highest BCUT2D eigenvalue weighted by Crippen LogP contribution is 2.34. The molecule has 0 unspecified atom stereocenters. The van der Waals surface area contributed by atoms with Gasteiger partial charge in [0.25, 0.3) is 0 Å². The number of aryl methyl sites for hydroxylation is 1. The largest absolute Gasteiger partial charge is 0.459 e. The lowest BCUT2D eigenvalue weighted by molar-refractivity contribution is -0.146. The smallest absolute Gasteiger partial charge is 0.389 e. The van der Waals surface area contributed by atoms with Crippen LogP contribution in [0.4, 0.5) is 13.2 Å². The summed E-state index contributed by atoms with van der Waals surface area (Å²) in [5, 5.41) is 0. The molecule has 1 fully saturated rings. The van der Waals surface area contributed by atoms with E-state index in [4.69, 9.17) is 4.74 Å². The van der Waals surface area contributed by atoms with E-state index >= 15 is 0 Å². The van der Waals surface area contributed by atoms with Gasteiger partial charge >= 0.3 is 12.1 Å². The lowest BCUT2D eigenvalue weighted by Gasteiger charge is -2.29. The van der Waals surface area contributed by atoms with Crippen LogP contribution in [0, 0.1) is 0 Å². The molecule has 1 aromatic rings. The minimum absolute atomic E-state index is 0.0508. The van der Waals surface area contributed by atoms with Gasteiger partial charge in [0.15, 0.2) is 0 Å². The topological polar surface area (TPSA) is 29.5 Å². The summed E-state index contributed by atoms with van der Waals surface area (Å²) in [7, 11) is 0. The first-order valence-electron chi connectivity index (χ1n) is 11.5. The highest BCUT2D eigenvalue weighted by Gasteiger charge is 2.27. The van der Waals surface area contributed by atoms with Crippen LogP contribution in [-0.4, -0.2) is 42.8 Å².